The molecule has 2 aliphatic rings. The predicted molar refractivity (Wildman–Crippen MR) is 132 cm³/mol. The number of fused-ring (bicyclic) bond motifs is 1. The Morgan fingerprint density at radius 3 is 2.48 bits per heavy atom. The molecule has 0 aliphatic carbocycles. The van der Waals surface area contributed by atoms with E-state index >= 15 is 0 Å². The predicted octanol–water partition coefficient (Wildman–Crippen LogP) is 5.77. The van der Waals surface area contributed by atoms with Crippen molar-refractivity contribution in [3.8, 4) is 0 Å². The number of rotatable bonds is 3. The summed E-state index contributed by atoms with van der Waals surface area (Å²) in [7, 11) is 0. The third-order valence-corrected chi connectivity index (χ3v) is 7.04. The summed E-state index contributed by atoms with van der Waals surface area (Å²) in [4.78, 5) is 41.4. The van der Waals surface area contributed by atoms with Gasteiger partial charge in [-0.15, -0.1) is 0 Å². The van der Waals surface area contributed by atoms with E-state index in [1.54, 1.807) is 0 Å². The van der Waals surface area contributed by atoms with Crippen molar-refractivity contribution in [1.29, 1.82) is 0 Å². The van der Waals surface area contributed by atoms with Gasteiger partial charge in [0.2, 0.25) is 0 Å². The molecular weight excluding hydrogens is 461 g/mol. The van der Waals surface area contributed by atoms with E-state index in [-0.39, 0.29) is 21.8 Å². The lowest BCUT2D eigenvalue weighted by molar-refractivity contribution is -0.122. The second kappa shape index (κ2) is 8.50. The zero-order valence-corrected chi connectivity index (χ0v) is 20.4. The van der Waals surface area contributed by atoms with Crippen LogP contribution in [0.25, 0.3) is 6.08 Å². The summed E-state index contributed by atoms with van der Waals surface area (Å²) in [6.45, 7) is 9.69. The fourth-order valence-corrected chi connectivity index (χ4v) is 5.17. The van der Waals surface area contributed by atoms with Crippen LogP contribution in [-0.2, 0) is 9.59 Å². The molecule has 6 nitrogen and oxygen atoms in total. The van der Waals surface area contributed by atoms with Crippen LogP contribution in [0.1, 0.15) is 51.2 Å². The number of carbonyl (C=O) groups is 3. The second-order valence-corrected chi connectivity index (χ2v) is 9.85. The standard InChI is InChI=1S/C25H25Cl2N3O3/c1-5-29-21-9-6-15(10-17(21)14(2)13-25(29,3)4)11-18-22(31)28-24(33)30(23(18)32)16-7-8-19(26)20(27)12-16/h6-12,14H,5,13H2,1-4H3,(H,28,31,33)/b18-11+/t14-/m1/s1. The van der Waals surface area contributed by atoms with Crippen molar-refractivity contribution >= 4 is 58.5 Å². The lowest BCUT2D eigenvalue weighted by Gasteiger charge is -2.47. The lowest BCUT2D eigenvalue weighted by Crippen LogP contribution is -2.54. The third kappa shape index (κ3) is 4.13. The number of hydrogen-bond donors (Lipinski definition) is 1. The zero-order chi connectivity index (χ0) is 24.1. The number of nitrogens with zero attached hydrogens (tertiary/aromatic N) is 2. The molecule has 1 atom stereocenters. The number of carbonyl (C=O) groups excluding carboxylic acids is 3. The van der Waals surface area contributed by atoms with Crippen molar-refractivity contribution < 1.29 is 14.4 Å². The SMILES string of the molecule is CCN1c2ccc(/C=C3\C(=O)NC(=O)N(c4ccc(Cl)c(Cl)c4)C3=O)cc2[C@H](C)CC1(C)C. The summed E-state index contributed by atoms with van der Waals surface area (Å²) in [6.07, 6.45) is 2.52. The summed E-state index contributed by atoms with van der Waals surface area (Å²) in [6, 6.07) is 9.52. The summed E-state index contributed by atoms with van der Waals surface area (Å²) in [5.41, 5.74) is 3.20. The molecule has 33 heavy (non-hydrogen) atoms. The Morgan fingerprint density at radius 2 is 1.82 bits per heavy atom. The number of amides is 4. The van der Waals surface area contributed by atoms with E-state index in [2.05, 4.69) is 37.9 Å². The van der Waals surface area contributed by atoms with Gasteiger partial charge in [0.1, 0.15) is 5.57 Å². The van der Waals surface area contributed by atoms with Crippen molar-refractivity contribution in [1.82, 2.24) is 5.32 Å². The molecule has 8 heteroatoms. The van der Waals surface area contributed by atoms with Crippen molar-refractivity contribution in [2.45, 2.75) is 45.6 Å². The highest BCUT2D eigenvalue weighted by Gasteiger charge is 2.38. The lowest BCUT2D eigenvalue weighted by atomic mass is 9.79. The van der Waals surface area contributed by atoms with E-state index in [0.29, 0.717) is 10.9 Å². The van der Waals surface area contributed by atoms with E-state index < -0.39 is 17.8 Å². The minimum absolute atomic E-state index is 0.0427. The fourth-order valence-electron chi connectivity index (χ4n) is 4.88. The maximum absolute atomic E-state index is 13.2. The van der Waals surface area contributed by atoms with E-state index in [1.165, 1.54) is 29.8 Å². The molecule has 1 N–H and O–H groups in total. The summed E-state index contributed by atoms with van der Waals surface area (Å²) >= 11 is 12.0. The highest BCUT2D eigenvalue weighted by Crippen LogP contribution is 2.43. The number of barbiturate groups is 1. The van der Waals surface area contributed by atoms with Crippen molar-refractivity contribution in [3.63, 3.8) is 0 Å². The van der Waals surface area contributed by atoms with Gasteiger partial charge in [0.25, 0.3) is 11.8 Å². The molecule has 2 heterocycles. The molecule has 4 rings (SSSR count). The molecule has 1 fully saturated rings. The van der Waals surface area contributed by atoms with E-state index in [9.17, 15) is 14.4 Å². The Hall–Kier alpha value is -2.83. The minimum Gasteiger partial charge on any atom is -0.366 e. The smallest absolute Gasteiger partial charge is 0.335 e. The van der Waals surface area contributed by atoms with Gasteiger partial charge in [-0.3, -0.25) is 14.9 Å². The maximum Gasteiger partial charge on any atom is 0.335 e. The number of urea groups is 1. The maximum atomic E-state index is 13.2. The number of imide groups is 2. The molecule has 4 amide bonds. The van der Waals surface area contributed by atoms with Gasteiger partial charge in [-0.25, -0.2) is 9.69 Å². The first kappa shape index (κ1) is 23.3. The molecule has 0 radical (unpaired) electrons. The molecule has 0 unspecified atom stereocenters. The molecule has 1 saturated heterocycles. The van der Waals surface area contributed by atoms with E-state index in [0.717, 1.165) is 29.1 Å². The molecule has 2 aliphatic heterocycles. The van der Waals surface area contributed by atoms with Crippen LogP contribution >= 0.6 is 23.2 Å². The average Bonchev–Trinajstić information content (AvgIpc) is 2.73. The zero-order valence-electron chi connectivity index (χ0n) is 18.9. The van der Waals surface area contributed by atoms with Crippen LogP contribution in [0.2, 0.25) is 10.0 Å². The summed E-state index contributed by atoms with van der Waals surface area (Å²) in [5.74, 6) is -1.13. The Kier molecular flexibility index (Phi) is 6.01. The van der Waals surface area contributed by atoms with Crippen molar-refractivity contribution in [2.24, 2.45) is 0 Å². The fraction of sp³-hybridized carbons (Fsp3) is 0.320. The van der Waals surface area contributed by atoms with Crippen LogP contribution in [-0.4, -0.2) is 29.9 Å². The van der Waals surface area contributed by atoms with Gasteiger partial charge in [0.05, 0.1) is 15.7 Å². The first-order valence-electron chi connectivity index (χ1n) is 10.8. The highest BCUT2D eigenvalue weighted by atomic mass is 35.5. The minimum atomic E-state index is -0.833. The third-order valence-electron chi connectivity index (χ3n) is 6.30. The van der Waals surface area contributed by atoms with Crippen LogP contribution in [0.4, 0.5) is 16.2 Å². The average molecular weight is 486 g/mol. The number of anilines is 2. The number of benzene rings is 2. The highest BCUT2D eigenvalue weighted by molar-refractivity contribution is 6.43. The molecule has 172 valence electrons. The summed E-state index contributed by atoms with van der Waals surface area (Å²) in [5, 5.41) is 2.73. The molecule has 0 bridgehead atoms. The molecule has 0 aromatic heterocycles. The van der Waals surface area contributed by atoms with Gasteiger partial charge in [0, 0.05) is 17.8 Å². The van der Waals surface area contributed by atoms with Gasteiger partial charge in [-0.1, -0.05) is 36.2 Å². The Labute approximate surface area is 203 Å². The first-order valence-corrected chi connectivity index (χ1v) is 11.6. The monoisotopic (exact) mass is 485 g/mol. The number of hydrogen-bond acceptors (Lipinski definition) is 4. The van der Waals surface area contributed by atoms with Crippen LogP contribution < -0.4 is 15.1 Å². The number of halogens is 2. The topological polar surface area (TPSA) is 69.7 Å². The largest absolute Gasteiger partial charge is 0.366 e. The molecule has 0 saturated carbocycles. The van der Waals surface area contributed by atoms with Gasteiger partial charge in [0.15, 0.2) is 0 Å². The van der Waals surface area contributed by atoms with Gasteiger partial charge >= 0.3 is 6.03 Å². The molecule has 2 aromatic rings. The first-order chi connectivity index (χ1) is 15.5. The Bertz CT molecular complexity index is 1210. The molecule has 2 aromatic carbocycles. The van der Waals surface area contributed by atoms with Crippen molar-refractivity contribution in [2.75, 3.05) is 16.3 Å². The normalized spacial score (nSPS) is 21.3. The molecule has 0 spiro atoms. The van der Waals surface area contributed by atoms with Gasteiger partial charge < -0.3 is 4.90 Å². The van der Waals surface area contributed by atoms with Crippen LogP contribution in [0.15, 0.2) is 42.0 Å². The summed E-state index contributed by atoms with van der Waals surface area (Å²) < 4.78 is 0. The Morgan fingerprint density at radius 1 is 1.09 bits per heavy atom. The van der Waals surface area contributed by atoms with E-state index in [4.69, 9.17) is 23.2 Å². The quantitative estimate of drug-likeness (QED) is 0.442. The second-order valence-electron chi connectivity index (χ2n) is 9.04. The molecular formula is C25H25Cl2N3O3. The van der Waals surface area contributed by atoms with Gasteiger partial charge in [-0.05, 0) is 80.6 Å². The van der Waals surface area contributed by atoms with E-state index in [1.807, 2.05) is 18.2 Å². The Balaban J connectivity index is 1.73. The number of nitrogens with one attached hydrogen (secondary N) is 1. The van der Waals surface area contributed by atoms with Crippen LogP contribution in [0, 0.1) is 0 Å². The van der Waals surface area contributed by atoms with Crippen molar-refractivity contribution in [3.05, 3.63) is 63.1 Å². The van der Waals surface area contributed by atoms with Crippen LogP contribution in [0.5, 0.6) is 0 Å². The van der Waals surface area contributed by atoms with Gasteiger partial charge in [-0.2, -0.15) is 0 Å². The van der Waals surface area contributed by atoms with Crippen LogP contribution in [0.3, 0.4) is 0 Å².